The normalized spacial score (nSPS) is 11.2. The highest BCUT2D eigenvalue weighted by molar-refractivity contribution is 5.57. The summed E-state index contributed by atoms with van der Waals surface area (Å²) in [6.07, 6.45) is 11.7. The molecule has 0 saturated heterocycles. The molecule has 1 aromatic carbocycles. The maximum absolute atomic E-state index is 5.41. The molecule has 0 aliphatic rings. The first-order valence-corrected chi connectivity index (χ1v) is 8.65. The molecule has 2 aromatic heterocycles. The Morgan fingerprint density at radius 1 is 0.885 bits per heavy atom. The average Bonchev–Trinajstić information content (AvgIpc) is 2.70. The Morgan fingerprint density at radius 2 is 1.54 bits per heavy atom. The van der Waals surface area contributed by atoms with Crippen molar-refractivity contribution in [3.63, 3.8) is 0 Å². The van der Waals surface area contributed by atoms with Crippen LogP contribution in [0.4, 0.5) is 0 Å². The van der Waals surface area contributed by atoms with Crippen LogP contribution < -0.4 is 4.74 Å². The largest absolute Gasteiger partial charge is 0.496 e. The first-order chi connectivity index (χ1) is 12.8. The number of benzene rings is 1. The van der Waals surface area contributed by atoms with Crippen molar-refractivity contribution in [2.45, 2.75) is 13.1 Å². The van der Waals surface area contributed by atoms with Gasteiger partial charge in [-0.05, 0) is 29.3 Å². The molecule has 0 radical (unpaired) electrons. The highest BCUT2D eigenvalue weighted by Gasteiger charge is 2.06. The van der Waals surface area contributed by atoms with Crippen LogP contribution in [0.15, 0.2) is 79.4 Å². The zero-order valence-electron chi connectivity index (χ0n) is 15.0. The average molecular weight is 345 g/mol. The number of para-hydroxylation sites is 1. The molecule has 26 heavy (non-hydrogen) atoms. The lowest BCUT2D eigenvalue weighted by Gasteiger charge is -2.20. The van der Waals surface area contributed by atoms with E-state index >= 15 is 0 Å². The van der Waals surface area contributed by atoms with Crippen molar-refractivity contribution in [3.8, 4) is 5.75 Å². The van der Waals surface area contributed by atoms with Gasteiger partial charge >= 0.3 is 0 Å². The molecule has 0 spiro atoms. The number of aromatic nitrogens is 2. The highest BCUT2D eigenvalue weighted by Crippen LogP contribution is 2.19. The minimum atomic E-state index is 0.821. The molecule has 0 atom stereocenters. The summed E-state index contributed by atoms with van der Waals surface area (Å²) >= 11 is 0. The third kappa shape index (κ3) is 5.26. The van der Waals surface area contributed by atoms with Crippen LogP contribution in [0.3, 0.4) is 0 Å². The van der Waals surface area contributed by atoms with Crippen LogP contribution in [0.5, 0.6) is 5.75 Å². The summed E-state index contributed by atoms with van der Waals surface area (Å²) in [5.41, 5.74) is 3.47. The molecular formula is C22H23N3O. The number of rotatable bonds is 8. The van der Waals surface area contributed by atoms with Crippen LogP contribution in [-0.2, 0) is 13.1 Å². The van der Waals surface area contributed by atoms with Gasteiger partial charge in [0.25, 0.3) is 0 Å². The highest BCUT2D eigenvalue weighted by atomic mass is 16.5. The monoisotopic (exact) mass is 345 g/mol. The number of hydrogen-bond donors (Lipinski definition) is 0. The molecule has 0 N–H and O–H groups in total. The zero-order chi connectivity index (χ0) is 18.0. The minimum absolute atomic E-state index is 0.821. The Hall–Kier alpha value is -2.98. The van der Waals surface area contributed by atoms with E-state index in [-0.39, 0.29) is 0 Å². The van der Waals surface area contributed by atoms with Crippen LogP contribution in [0.2, 0.25) is 0 Å². The lowest BCUT2D eigenvalue weighted by Crippen LogP contribution is -2.23. The summed E-state index contributed by atoms with van der Waals surface area (Å²) in [5.74, 6) is 0.884. The van der Waals surface area contributed by atoms with Gasteiger partial charge in [-0.1, -0.05) is 42.5 Å². The van der Waals surface area contributed by atoms with Gasteiger partial charge < -0.3 is 4.74 Å². The maximum Gasteiger partial charge on any atom is 0.126 e. The summed E-state index contributed by atoms with van der Waals surface area (Å²) < 4.78 is 5.41. The van der Waals surface area contributed by atoms with E-state index in [1.54, 1.807) is 19.5 Å². The van der Waals surface area contributed by atoms with Crippen LogP contribution in [-0.4, -0.2) is 28.5 Å². The molecule has 0 unspecified atom stereocenters. The Labute approximate surface area is 154 Å². The Balaban J connectivity index is 1.71. The number of hydrogen-bond acceptors (Lipinski definition) is 4. The van der Waals surface area contributed by atoms with E-state index in [0.29, 0.717) is 0 Å². The van der Waals surface area contributed by atoms with Gasteiger partial charge in [-0.25, -0.2) is 0 Å². The van der Waals surface area contributed by atoms with Gasteiger partial charge in [-0.3, -0.25) is 14.9 Å². The molecule has 0 saturated carbocycles. The molecule has 0 aliphatic carbocycles. The molecule has 4 nitrogen and oxygen atoms in total. The topological polar surface area (TPSA) is 38.2 Å². The van der Waals surface area contributed by atoms with Gasteiger partial charge in [0.1, 0.15) is 5.75 Å². The van der Waals surface area contributed by atoms with Gasteiger partial charge in [0.05, 0.1) is 7.11 Å². The Morgan fingerprint density at radius 3 is 2.12 bits per heavy atom. The van der Waals surface area contributed by atoms with Gasteiger partial charge in [0.15, 0.2) is 0 Å². The van der Waals surface area contributed by atoms with E-state index in [9.17, 15) is 0 Å². The van der Waals surface area contributed by atoms with Crippen molar-refractivity contribution in [1.29, 1.82) is 0 Å². The summed E-state index contributed by atoms with van der Waals surface area (Å²) in [6, 6.07) is 16.2. The first kappa shape index (κ1) is 17.8. The van der Waals surface area contributed by atoms with Crippen LogP contribution in [0, 0.1) is 0 Å². The Bertz CT molecular complexity index is 778. The lowest BCUT2D eigenvalue weighted by atomic mass is 10.1. The minimum Gasteiger partial charge on any atom is -0.496 e. The Kier molecular flexibility index (Phi) is 6.51. The summed E-state index contributed by atoms with van der Waals surface area (Å²) in [5, 5.41) is 0. The molecule has 4 heteroatoms. The standard InChI is InChI=1S/C22H23N3O/c1-26-22-11-3-2-9-21(22)10-6-14-25(17-19-7-4-12-23-15-19)18-20-8-5-13-24-16-20/h2-13,15-16H,14,17-18H2,1H3. The summed E-state index contributed by atoms with van der Waals surface area (Å²) in [4.78, 5) is 10.8. The fourth-order valence-corrected chi connectivity index (χ4v) is 2.82. The second kappa shape index (κ2) is 9.49. The van der Waals surface area contributed by atoms with E-state index in [4.69, 9.17) is 4.74 Å². The third-order valence-electron chi connectivity index (χ3n) is 4.06. The maximum atomic E-state index is 5.41. The van der Waals surface area contributed by atoms with Gasteiger partial charge in [0.2, 0.25) is 0 Å². The fraction of sp³-hybridized carbons (Fsp3) is 0.182. The summed E-state index contributed by atoms with van der Waals surface area (Å²) in [6.45, 7) is 2.49. The van der Waals surface area contributed by atoms with Crippen molar-refractivity contribution in [3.05, 3.63) is 96.1 Å². The van der Waals surface area contributed by atoms with Crippen molar-refractivity contribution in [2.24, 2.45) is 0 Å². The number of nitrogens with zero attached hydrogens (tertiary/aromatic N) is 3. The number of methoxy groups -OCH3 is 1. The van der Waals surface area contributed by atoms with E-state index in [0.717, 1.165) is 30.9 Å². The van der Waals surface area contributed by atoms with E-state index in [1.165, 1.54) is 11.1 Å². The smallest absolute Gasteiger partial charge is 0.126 e. The molecule has 3 rings (SSSR count). The van der Waals surface area contributed by atoms with Gasteiger partial charge in [-0.2, -0.15) is 0 Å². The van der Waals surface area contributed by atoms with Crippen molar-refractivity contribution < 1.29 is 4.74 Å². The molecule has 3 aromatic rings. The number of pyridine rings is 2. The lowest BCUT2D eigenvalue weighted by molar-refractivity contribution is 0.285. The first-order valence-electron chi connectivity index (χ1n) is 8.65. The molecule has 2 heterocycles. The van der Waals surface area contributed by atoms with Crippen LogP contribution in [0.1, 0.15) is 16.7 Å². The van der Waals surface area contributed by atoms with E-state index < -0.39 is 0 Å². The van der Waals surface area contributed by atoms with Gasteiger partial charge in [-0.15, -0.1) is 0 Å². The second-order valence-electron chi connectivity index (χ2n) is 6.04. The summed E-state index contributed by atoms with van der Waals surface area (Å²) in [7, 11) is 1.70. The predicted molar refractivity (Wildman–Crippen MR) is 105 cm³/mol. The molecule has 0 aliphatic heterocycles. The quantitative estimate of drug-likeness (QED) is 0.613. The molecule has 0 bridgehead atoms. The van der Waals surface area contributed by atoms with E-state index in [1.807, 2.05) is 42.7 Å². The van der Waals surface area contributed by atoms with Crippen LogP contribution in [0.25, 0.3) is 6.08 Å². The predicted octanol–water partition coefficient (Wildman–Crippen LogP) is 4.20. The second-order valence-corrected chi connectivity index (χ2v) is 6.04. The van der Waals surface area contributed by atoms with E-state index in [2.05, 4.69) is 45.2 Å². The van der Waals surface area contributed by atoms with Gasteiger partial charge in [0, 0.05) is 50.0 Å². The SMILES string of the molecule is COc1ccccc1C=CCN(Cc1cccnc1)Cc1cccnc1. The zero-order valence-corrected chi connectivity index (χ0v) is 15.0. The number of ether oxygens (including phenoxy) is 1. The van der Waals surface area contributed by atoms with Crippen molar-refractivity contribution in [1.82, 2.24) is 14.9 Å². The molecular weight excluding hydrogens is 322 g/mol. The van der Waals surface area contributed by atoms with Crippen molar-refractivity contribution >= 4 is 6.08 Å². The molecule has 0 fully saturated rings. The third-order valence-corrected chi connectivity index (χ3v) is 4.06. The van der Waals surface area contributed by atoms with Crippen LogP contribution >= 0.6 is 0 Å². The molecule has 132 valence electrons. The molecule has 0 amide bonds. The van der Waals surface area contributed by atoms with Crippen molar-refractivity contribution in [2.75, 3.05) is 13.7 Å². The fourth-order valence-electron chi connectivity index (χ4n) is 2.82.